The maximum Gasteiger partial charge on any atom is 0.135 e. The molecule has 0 aliphatic carbocycles. The van der Waals surface area contributed by atoms with Crippen LogP contribution in [0.2, 0.25) is 0 Å². The standard InChI is InChI=1S/C69H73N4O.Pt/c1-44(2)55-27-23-28-56(45(3)4)64(55)46-34-51(71-43-72(61-31-22-21-30-60(61)71)52-37-49(67(8,9)10)36-50(38-52)68(11,12)13)40-53(35-46)74-54-41-58(69(14,15)47-24-17-16-18-25-47)65-57-26-19-20-29-59(57)73(62(65)42-54)63-39-48(32-33-70-63)66(5,6)7;/h16-39,41,43-45H,1-15H3;/q-3;. The van der Waals surface area contributed by atoms with E-state index >= 15 is 0 Å². The summed E-state index contributed by atoms with van der Waals surface area (Å²) in [6.07, 6.45) is 1.94. The Bertz CT molecular complexity index is 3500. The van der Waals surface area contributed by atoms with Gasteiger partial charge in [-0.25, -0.2) is 4.98 Å². The Morgan fingerprint density at radius 2 is 1.11 bits per heavy atom. The summed E-state index contributed by atoms with van der Waals surface area (Å²) < 4.78 is 9.67. The first-order valence-electron chi connectivity index (χ1n) is 26.6. The molecule has 0 unspecified atom stereocenters. The summed E-state index contributed by atoms with van der Waals surface area (Å²) in [6, 6.07) is 61.0. The second-order valence-electron chi connectivity index (χ2n) is 24.7. The van der Waals surface area contributed by atoms with Gasteiger partial charge >= 0.3 is 0 Å². The summed E-state index contributed by atoms with van der Waals surface area (Å²) >= 11 is 0. The van der Waals surface area contributed by atoms with Crippen molar-refractivity contribution in [1.29, 1.82) is 0 Å². The number of ether oxygens (including phenoxy) is 1. The minimum Gasteiger partial charge on any atom is -0.509 e. The topological polar surface area (TPSA) is 33.5 Å². The molecule has 0 amide bonds. The van der Waals surface area contributed by atoms with Crippen molar-refractivity contribution in [2.75, 3.05) is 9.80 Å². The average molecular weight is 1170 g/mol. The van der Waals surface area contributed by atoms with Gasteiger partial charge in [0.25, 0.3) is 0 Å². The third kappa shape index (κ3) is 10.1. The Hall–Kier alpha value is -6.42. The molecule has 0 atom stereocenters. The minimum absolute atomic E-state index is 0. The SMILES string of the molecule is CC(C)c1cccc(C(C)C)c1-c1cc(Oc2[c-]c3c(c(C(C)(C)c4ccccc4)c2)c2ccccc2n3-c2cc(C(C)(C)C)ccn2)[c-]c(N2[CH-]N(c3cc(C(C)(C)C)cc(C(C)(C)C)c3)c3ccccc32)c1.[Pt]. The largest absolute Gasteiger partial charge is 0.509 e. The number of para-hydroxylation sites is 3. The zero-order valence-corrected chi connectivity index (χ0v) is 49.0. The maximum absolute atomic E-state index is 7.39. The van der Waals surface area contributed by atoms with E-state index in [1.54, 1.807) is 0 Å². The summed E-state index contributed by atoms with van der Waals surface area (Å²) in [7, 11) is 0. The first-order valence-corrected chi connectivity index (χ1v) is 26.6. The van der Waals surface area contributed by atoms with Crippen molar-refractivity contribution in [3.63, 3.8) is 0 Å². The molecule has 0 N–H and O–H groups in total. The molecule has 388 valence electrons. The van der Waals surface area contributed by atoms with Crippen LogP contribution in [0.1, 0.15) is 155 Å². The smallest absolute Gasteiger partial charge is 0.135 e. The molecule has 0 spiro atoms. The third-order valence-corrected chi connectivity index (χ3v) is 15.2. The van der Waals surface area contributed by atoms with Crippen molar-refractivity contribution < 1.29 is 25.8 Å². The van der Waals surface area contributed by atoms with E-state index < -0.39 is 5.41 Å². The van der Waals surface area contributed by atoms with Gasteiger partial charge in [0.2, 0.25) is 0 Å². The van der Waals surface area contributed by atoms with Crippen molar-refractivity contribution in [2.24, 2.45) is 0 Å². The Morgan fingerprint density at radius 1 is 0.533 bits per heavy atom. The second-order valence-corrected chi connectivity index (χ2v) is 24.7. The van der Waals surface area contributed by atoms with Crippen LogP contribution in [0.3, 0.4) is 0 Å². The van der Waals surface area contributed by atoms with Crippen molar-refractivity contribution >= 4 is 44.6 Å². The molecule has 1 aliphatic rings. The number of aromatic nitrogens is 2. The predicted molar refractivity (Wildman–Crippen MR) is 313 cm³/mol. The molecule has 9 aromatic rings. The third-order valence-electron chi connectivity index (χ3n) is 15.2. The zero-order chi connectivity index (χ0) is 52.6. The van der Waals surface area contributed by atoms with Gasteiger partial charge in [-0.05, 0) is 120 Å². The second kappa shape index (κ2) is 19.9. The molecule has 3 heterocycles. The fourth-order valence-electron chi connectivity index (χ4n) is 10.8. The number of fused-ring (bicyclic) bond motifs is 4. The molecular weight excluding hydrogens is 1100 g/mol. The molecule has 75 heavy (non-hydrogen) atoms. The monoisotopic (exact) mass is 1170 g/mol. The quantitative estimate of drug-likeness (QED) is 0.128. The summed E-state index contributed by atoms with van der Waals surface area (Å²) in [5.41, 5.74) is 16.7. The van der Waals surface area contributed by atoms with Crippen molar-refractivity contribution in [3.05, 3.63) is 210 Å². The molecular formula is C69H73N4OPt-3. The molecule has 0 bridgehead atoms. The van der Waals surface area contributed by atoms with E-state index in [0.29, 0.717) is 11.5 Å². The molecule has 0 radical (unpaired) electrons. The average Bonchev–Trinajstić information content (AvgIpc) is 3.95. The Morgan fingerprint density at radius 3 is 1.72 bits per heavy atom. The van der Waals surface area contributed by atoms with Gasteiger partial charge in [0, 0.05) is 61.3 Å². The molecule has 10 rings (SSSR count). The number of rotatable bonds is 10. The van der Waals surface area contributed by atoms with Crippen LogP contribution in [0.5, 0.6) is 11.5 Å². The summed E-state index contributed by atoms with van der Waals surface area (Å²) in [5, 5.41) is 2.27. The molecule has 2 aromatic heterocycles. The normalized spacial score (nSPS) is 13.3. The first-order chi connectivity index (χ1) is 35.0. The molecule has 6 heteroatoms. The van der Waals surface area contributed by atoms with Crippen LogP contribution in [0.15, 0.2) is 152 Å². The number of pyridine rings is 1. The van der Waals surface area contributed by atoms with Crippen LogP contribution >= 0.6 is 0 Å². The van der Waals surface area contributed by atoms with E-state index in [1.807, 2.05) is 6.20 Å². The Balaban J connectivity index is 0.00000689. The Kier molecular flexibility index (Phi) is 14.2. The van der Waals surface area contributed by atoms with Gasteiger partial charge in [0.05, 0.1) is 0 Å². The van der Waals surface area contributed by atoms with Gasteiger partial charge in [-0.1, -0.05) is 200 Å². The van der Waals surface area contributed by atoms with E-state index in [0.717, 1.165) is 61.5 Å². The predicted octanol–water partition coefficient (Wildman–Crippen LogP) is 19.1. The molecule has 5 nitrogen and oxygen atoms in total. The molecule has 7 aromatic carbocycles. The van der Waals surface area contributed by atoms with E-state index in [1.165, 1.54) is 38.9 Å². The fraction of sp³-hybridized carbons (Fsp3) is 0.304. The van der Waals surface area contributed by atoms with Gasteiger partial charge < -0.3 is 19.1 Å². The van der Waals surface area contributed by atoms with E-state index in [4.69, 9.17) is 9.72 Å². The number of hydrogen-bond donors (Lipinski definition) is 0. The summed E-state index contributed by atoms with van der Waals surface area (Å²) in [6.45, 7) is 36.6. The van der Waals surface area contributed by atoms with Gasteiger partial charge in [-0.2, -0.15) is 0 Å². The zero-order valence-electron chi connectivity index (χ0n) is 46.7. The van der Waals surface area contributed by atoms with Gasteiger partial charge in [-0.15, -0.1) is 53.8 Å². The van der Waals surface area contributed by atoms with Crippen LogP contribution < -0.4 is 14.5 Å². The molecule has 0 saturated carbocycles. The van der Waals surface area contributed by atoms with Crippen molar-refractivity contribution in [3.8, 4) is 28.4 Å². The molecule has 0 saturated heterocycles. The van der Waals surface area contributed by atoms with E-state index in [9.17, 15) is 0 Å². The summed E-state index contributed by atoms with van der Waals surface area (Å²) in [5.74, 6) is 2.63. The van der Waals surface area contributed by atoms with E-state index in [-0.39, 0.29) is 49.1 Å². The first kappa shape index (κ1) is 53.4. The number of benzene rings is 7. The van der Waals surface area contributed by atoms with Gasteiger partial charge in [-0.3, -0.25) is 0 Å². The fourth-order valence-corrected chi connectivity index (χ4v) is 10.8. The summed E-state index contributed by atoms with van der Waals surface area (Å²) in [4.78, 5) is 9.71. The van der Waals surface area contributed by atoms with Crippen molar-refractivity contribution in [1.82, 2.24) is 9.55 Å². The molecule has 0 fully saturated rings. The number of hydrogen-bond acceptors (Lipinski definition) is 4. The minimum atomic E-state index is -0.434. The van der Waals surface area contributed by atoms with Gasteiger partial charge in [0.15, 0.2) is 0 Å². The molecule has 1 aliphatic heterocycles. The van der Waals surface area contributed by atoms with Crippen molar-refractivity contribution in [2.45, 2.75) is 137 Å². The van der Waals surface area contributed by atoms with Crippen LogP contribution in [0.4, 0.5) is 22.7 Å². The van der Waals surface area contributed by atoms with Crippen LogP contribution in [0.25, 0.3) is 38.8 Å². The van der Waals surface area contributed by atoms with Gasteiger partial charge in [0.1, 0.15) is 5.82 Å². The van der Waals surface area contributed by atoms with E-state index in [2.05, 4.69) is 283 Å². The van der Waals surface area contributed by atoms with Crippen LogP contribution in [0, 0.1) is 18.8 Å². The maximum atomic E-state index is 7.39. The van der Waals surface area contributed by atoms with Crippen LogP contribution in [-0.4, -0.2) is 9.55 Å². The number of anilines is 4. The Labute approximate surface area is 462 Å². The number of nitrogens with zero attached hydrogens (tertiary/aromatic N) is 4. The van der Waals surface area contributed by atoms with Crippen LogP contribution in [-0.2, 0) is 42.7 Å².